The molecule has 0 spiro atoms. The fourth-order valence-corrected chi connectivity index (χ4v) is 4.67. The van der Waals surface area contributed by atoms with Gasteiger partial charge >= 0.3 is 0 Å². The summed E-state index contributed by atoms with van der Waals surface area (Å²) in [6.07, 6.45) is 4.44. The molecule has 0 amide bonds. The molecule has 7 nitrogen and oxygen atoms in total. The zero-order valence-electron chi connectivity index (χ0n) is 18.2. The average Bonchev–Trinajstić information content (AvgIpc) is 2.85. The Balaban J connectivity index is 1.52. The number of nitrogens with zero attached hydrogens (tertiary/aromatic N) is 3. The molecule has 0 saturated carbocycles. The molecule has 0 bridgehead atoms. The molecule has 0 radical (unpaired) electrons. The second-order valence-electron chi connectivity index (χ2n) is 7.63. The quantitative estimate of drug-likeness (QED) is 0.349. The van der Waals surface area contributed by atoms with E-state index >= 15 is 0 Å². The molecule has 2 heterocycles. The van der Waals surface area contributed by atoms with Crippen molar-refractivity contribution < 1.29 is 13.2 Å². The van der Waals surface area contributed by atoms with Crippen LogP contribution < -0.4 is 9.46 Å². The predicted molar refractivity (Wildman–Crippen MR) is 131 cm³/mol. The monoisotopic (exact) mass is 468 g/mol. The fraction of sp³-hybridized carbons (Fsp3) is 0.0385. The number of anilines is 1. The van der Waals surface area contributed by atoms with Crippen LogP contribution in [0.15, 0.2) is 102 Å². The number of pyridine rings is 1. The minimum atomic E-state index is -3.81. The molecular weight excluding hydrogens is 448 g/mol. The van der Waals surface area contributed by atoms with E-state index in [0.29, 0.717) is 5.75 Å². The third-order valence-corrected chi connectivity index (χ3v) is 6.66. The van der Waals surface area contributed by atoms with Gasteiger partial charge in [0.15, 0.2) is 0 Å². The molecule has 3 aromatic carbocycles. The lowest BCUT2D eigenvalue weighted by Crippen LogP contribution is -2.13. The van der Waals surface area contributed by atoms with Gasteiger partial charge in [0.05, 0.1) is 10.6 Å². The number of para-hydroxylation sites is 1. The molecule has 5 rings (SSSR count). The maximum atomic E-state index is 12.9. The van der Waals surface area contributed by atoms with Crippen LogP contribution in [0.1, 0.15) is 5.56 Å². The molecule has 0 aliphatic carbocycles. The Morgan fingerprint density at radius 1 is 0.824 bits per heavy atom. The molecule has 0 atom stereocenters. The molecule has 0 unspecified atom stereocenters. The van der Waals surface area contributed by atoms with Crippen LogP contribution in [-0.4, -0.2) is 23.4 Å². The summed E-state index contributed by atoms with van der Waals surface area (Å²) in [7, 11) is -3.81. The second-order valence-corrected chi connectivity index (χ2v) is 9.32. The van der Waals surface area contributed by atoms with Crippen LogP contribution in [0.2, 0.25) is 0 Å². The molecule has 0 saturated heterocycles. The number of rotatable bonds is 6. The number of hydrogen-bond acceptors (Lipinski definition) is 6. The van der Waals surface area contributed by atoms with E-state index in [0.717, 1.165) is 33.3 Å². The van der Waals surface area contributed by atoms with Crippen LogP contribution in [0, 0.1) is 6.92 Å². The van der Waals surface area contributed by atoms with E-state index in [1.807, 2.05) is 55.5 Å². The molecule has 0 aliphatic rings. The molecule has 2 aromatic heterocycles. The van der Waals surface area contributed by atoms with Gasteiger partial charge < -0.3 is 4.74 Å². The predicted octanol–water partition coefficient (Wildman–Crippen LogP) is 5.59. The third-order valence-electron chi connectivity index (χ3n) is 5.31. The van der Waals surface area contributed by atoms with Gasteiger partial charge in [0.25, 0.3) is 10.0 Å². The van der Waals surface area contributed by atoms with Gasteiger partial charge in [-0.2, -0.15) is 0 Å². The number of nitrogens with one attached hydrogen (secondary N) is 1. The normalized spacial score (nSPS) is 11.3. The van der Waals surface area contributed by atoms with Crippen LogP contribution in [-0.2, 0) is 10.0 Å². The second kappa shape index (κ2) is 8.92. The van der Waals surface area contributed by atoms with Crippen LogP contribution in [0.5, 0.6) is 11.5 Å². The van der Waals surface area contributed by atoms with Gasteiger partial charge in [-0.05, 0) is 66.4 Å². The van der Waals surface area contributed by atoms with Crippen molar-refractivity contribution >= 4 is 26.6 Å². The number of sulfonamides is 1. The number of benzene rings is 3. The molecular formula is C26H20N4O3S. The van der Waals surface area contributed by atoms with Gasteiger partial charge in [-0.1, -0.05) is 30.3 Å². The molecule has 34 heavy (non-hydrogen) atoms. The number of aromatic nitrogens is 3. The summed E-state index contributed by atoms with van der Waals surface area (Å²) in [5, 5.41) is 1.59. The Morgan fingerprint density at radius 3 is 2.47 bits per heavy atom. The van der Waals surface area contributed by atoms with E-state index in [9.17, 15) is 8.42 Å². The summed E-state index contributed by atoms with van der Waals surface area (Å²) in [6.45, 7) is 2.01. The maximum Gasteiger partial charge on any atom is 0.263 e. The summed E-state index contributed by atoms with van der Waals surface area (Å²) in [4.78, 5) is 12.5. The first-order chi connectivity index (χ1) is 16.5. The number of fused-ring (bicyclic) bond motifs is 1. The van der Waals surface area contributed by atoms with Crippen molar-refractivity contribution in [2.45, 2.75) is 11.8 Å². The molecule has 0 aliphatic heterocycles. The van der Waals surface area contributed by atoms with Crippen molar-refractivity contribution in [1.29, 1.82) is 0 Å². The summed E-state index contributed by atoms with van der Waals surface area (Å²) in [6, 6.07) is 23.7. The Labute approximate surface area is 197 Å². The highest BCUT2D eigenvalue weighted by Gasteiger charge is 2.17. The van der Waals surface area contributed by atoms with Crippen molar-refractivity contribution in [3.63, 3.8) is 0 Å². The smallest absolute Gasteiger partial charge is 0.263 e. The Hall–Kier alpha value is -4.30. The van der Waals surface area contributed by atoms with Crippen LogP contribution >= 0.6 is 0 Å². The van der Waals surface area contributed by atoms with E-state index in [1.54, 1.807) is 30.5 Å². The standard InChI is InChI=1S/C26H20N4O3S/c1-18-7-8-21(33-20-5-3-2-4-6-20)16-24(18)26-23-10-9-22(15-19(23)11-14-28-26)34(31,32)30-25-12-13-27-17-29-25/h2-17H,1H3,(H,27,29,30). The van der Waals surface area contributed by atoms with Gasteiger partial charge in [-0.3, -0.25) is 9.71 Å². The van der Waals surface area contributed by atoms with Crippen molar-refractivity contribution in [3.05, 3.63) is 103 Å². The Kier molecular flexibility index (Phi) is 5.65. The third kappa shape index (κ3) is 4.44. The number of ether oxygens (including phenoxy) is 1. The van der Waals surface area contributed by atoms with Gasteiger partial charge in [-0.25, -0.2) is 18.4 Å². The number of aryl methyl sites for hydroxylation is 1. The topological polar surface area (TPSA) is 94.1 Å². The van der Waals surface area contributed by atoms with Gasteiger partial charge in [0, 0.05) is 23.3 Å². The first-order valence-corrected chi connectivity index (χ1v) is 12.0. The molecule has 5 aromatic rings. The fourth-order valence-electron chi connectivity index (χ4n) is 3.63. The largest absolute Gasteiger partial charge is 0.457 e. The highest BCUT2D eigenvalue weighted by Crippen LogP contribution is 2.34. The highest BCUT2D eigenvalue weighted by atomic mass is 32.2. The van der Waals surface area contributed by atoms with E-state index in [4.69, 9.17) is 4.74 Å². The lowest BCUT2D eigenvalue weighted by atomic mass is 10.00. The molecule has 0 fully saturated rings. The minimum absolute atomic E-state index is 0.133. The lowest BCUT2D eigenvalue weighted by molar-refractivity contribution is 0.483. The zero-order valence-corrected chi connectivity index (χ0v) is 19.0. The van der Waals surface area contributed by atoms with E-state index in [1.165, 1.54) is 18.6 Å². The van der Waals surface area contributed by atoms with Crippen molar-refractivity contribution in [2.75, 3.05) is 4.72 Å². The summed E-state index contributed by atoms with van der Waals surface area (Å²) >= 11 is 0. The average molecular weight is 469 g/mol. The summed E-state index contributed by atoms with van der Waals surface area (Å²) in [5.41, 5.74) is 2.69. The summed E-state index contributed by atoms with van der Waals surface area (Å²) in [5.74, 6) is 1.64. The summed E-state index contributed by atoms with van der Waals surface area (Å²) < 4.78 is 34.2. The van der Waals surface area contributed by atoms with Gasteiger partial charge in [0.1, 0.15) is 23.6 Å². The van der Waals surface area contributed by atoms with Crippen molar-refractivity contribution in [1.82, 2.24) is 15.0 Å². The van der Waals surface area contributed by atoms with Gasteiger partial charge in [0.2, 0.25) is 0 Å². The molecule has 8 heteroatoms. The zero-order chi connectivity index (χ0) is 23.5. The van der Waals surface area contributed by atoms with E-state index in [2.05, 4.69) is 19.7 Å². The molecule has 1 N–H and O–H groups in total. The SMILES string of the molecule is Cc1ccc(Oc2ccccc2)cc1-c1nccc2cc(S(=O)(=O)Nc3ccncn3)ccc12. The maximum absolute atomic E-state index is 12.9. The van der Waals surface area contributed by atoms with Crippen LogP contribution in [0.25, 0.3) is 22.0 Å². The van der Waals surface area contributed by atoms with E-state index in [-0.39, 0.29) is 10.7 Å². The minimum Gasteiger partial charge on any atom is -0.457 e. The Morgan fingerprint density at radius 2 is 1.68 bits per heavy atom. The number of hydrogen-bond donors (Lipinski definition) is 1. The van der Waals surface area contributed by atoms with Gasteiger partial charge in [-0.15, -0.1) is 0 Å². The molecule has 168 valence electrons. The first kappa shape index (κ1) is 21.5. The first-order valence-electron chi connectivity index (χ1n) is 10.5. The lowest BCUT2D eigenvalue weighted by Gasteiger charge is -2.13. The Bertz CT molecular complexity index is 1570. The van der Waals surface area contributed by atoms with E-state index < -0.39 is 10.0 Å². The van der Waals surface area contributed by atoms with Crippen molar-refractivity contribution in [3.8, 4) is 22.8 Å². The highest BCUT2D eigenvalue weighted by molar-refractivity contribution is 7.92. The van der Waals surface area contributed by atoms with Crippen LogP contribution in [0.4, 0.5) is 5.82 Å². The van der Waals surface area contributed by atoms with Crippen LogP contribution in [0.3, 0.4) is 0 Å². The van der Waals surface area contributed by atoms with Crippen molar-refractivity contribution in [2.24, 2.45) is 0 Å².